The van der Waals surface area contributed by atoms with Crippen LogP contribution in [-0.2, 0) is 11.2 Å². The second-order valence-electron chi connectivity index (χ2n) is 4.70. The Hall–Kier alpha value is -0.450. The lowest BCUT2D eigenvalue weighted by atomic mass is 10.00. The van der Waals surface area contributed by atoms with Gasteiger partial charge in [-0.1, -0.05) is 0 Å². The SMILES string of the molecule is COC(C)(C)CC(C)NCCc1nccs1. The van der Waals surface area contributed by atoms with E-state index in [1.807, 2.05) is 11.6 Å². The predicted molar refractivity (Wildman–Crippen MR) is 69.0 cm³/mol. The maximum absolute atomic E-state index is 5.41. The third kappa shape index (κ3) is 5.05. The van der Waals surface area contributed by atoms with Crippen LogP contribution in [0.1, 0.15) is 32.2 Å². The molecule has 0 aliphatic carbocycles. The van der Waals surface area contributed by atoms with Crippen molar-refractivity contribution in [3.05, 3.63) is 16.6 Å². The smallest absolute Gasteiger partial charge is 0.0937 e. The fourth-order valence-electron chi connectivity index (χ4n) is 1.69. The first-order valence-corrected chi connectivity index (χ1v) is 6.58. The molecule has 1 unspecified atom stereocenters. The molecule has 0 saturated carbocycles. The molecule has 4 heteroatoms. The summed E-state index contributed by atoms with van der Waals surface area (Å²) in [6, 6.07) is 0.468. The summed E-state index contributed by atoms with van der Waals surface area (Å²) in [7, 11) is 1.77. The van der Waals surface area contributed by atoms with Crippen molar-refractivity contribution in [3.8, 4) is 0 Å². The lowest BCUT2D eigenvalue weighted by Gasteiger charge is -2.27. The highest BCUT2D eigenvalue weighted by Crippen LogP contribution is 2.15. The van der Waals surface area contributed by atoms with Gasteiger partial charge in [0.15, 0.2) is 0 Å². The van der Waals surface area contributed by atoms with Crippen LogP contribution in [0.5, 0.6) is 0 Å². The Bertz CT molecular complexity index is 285. The lowest BCUT2D eigenvalue weighted by Crippen LogP contribution is -2.36. The molecule has 1 heterocycles. The van der Waals surface area contributed by atoms with Crippen LogP contribution >= 0.6 is 11.3 Å². The fraction of sp³-hybridized carbons (Fsp3) is 0.750. The molecule has 0 aliphatic heterocycles. The maximum Gasteiger partial charge on any atom is 0.0937 e. The minimum atomic E-state index is -0.0480. The van der Waals surface area contributed by atoms with Crippen LogP contribution in [0.25, 0.3) is 0 Å². The van der Waals surface area contributed by atoms with Gasteiger partial charge in [-0.15, -0.1) is 11.3 Å². The molecule has 92 valence electrons. The zero-order valence-electron chi connectivity index (χ0n) is 10.6. The summed E-state index contributed by atoms with van der Waals surface area (Å²) < 4.78 is 5.41. The van der Waals surface area contributed by atoms with E-state index in [0.717, 1.165) is 19.4 Å². The normalized spacial score (nSPS) is 14.0. The Balaban J connectivity index is 2.18. The number of methoxy groups -OCH3 is 1. The van der Waals surface area contributed by atoms with E-state index in [0.29, 0.717) is 6.04 Å². The minimum Gasteiger partial charge on any atom is -0.379 e. The first-order chi connectivity index (χ1) is 7.53. The highest BCUT2D eigenvalue weighted by atomic mass is 32.1. The second kappa shape index (κ2) is 6.33. The predicted octanol–water partition coefficient (Wildman–Crippen LogP) is 2.48. The van der Waals surface area contributed by atoms with Crippen molar-refractivity contribution in [1.82, 2.24) is 10.3 Å². The van der Waals surface area contributed by atoms with E-state index in [1.165, 1.54) is 5.01 Å². The van der Waals surface area contributed by atoms with E-state index in [1.54, 1.807) is 18.4 Å². The van der Waals surface area contributed by atoms with Crippen LogP contribution in [-0.4, -0.2) is 30.3 Å². The molecule has 0 bridgehead atoms. The summed E-state index contributed by atoms with van der Waals surface area (Å²) in [5.41, 5.74) is -0.0480. The molecule has 0 amide bonds. The summed E-state index contributed by atoms with van der Waals surface area (Å²) in [4.78, 5) is 4.26. The number of aromatic nitrogens is 1. The van der Waals surface area contributed by atoms with Gasteiger partial charge in [0.25, 0.3) is 0 Å². The molecule has 0 radical (unpaired) electrons. The summed E-state index contributed by atoms with van der Waals surface area (Å²) in [6.07, 6.45) is 3.88. The van der Waals surface area contributed by atoms with Gasteiger partial charge in [0.05, 0.1) is 10.6 Å². The summed E-state index contributed by atoms with van der Waals surface area (Å²) >= 11 is 1.72. The Morgan fingerprint density at radius 1 is 1.56 bits per heavy atom. The number of rotatable bonds is 7. The second-order valence-corrected chi connectivity index (χ2v) is 5.68. The Labute approximate surface area is 102 Å². The molecule has 0 aromatic carbocycles. The van der Waals surface area contributed by atoms with E-state index in [2.05, 4.69) is 31.1 Å². The van der Waals surface area contributed by atoms with E-state index >= 15 is 0 Å². The topological polar surface area (TPSA) is 34.1 Å². The largest absolute Gasteiger partial charge is 0.379 e. The van der Waals surface area contributed by atoms with Gasteiger partial charge in [0.1, 0.15) is 0 Å². The molecule has 16 heavy (non-hydrogen) atoms. The lowest BCUT2D eigenvalue weighted by molar-refractivity contribution is 0.00865. The van der Waals surface area contributed by atoms with E-state index in [4.69, 9.17) is 4.74 Å². The summed E-state index contributed by atoms with van der Waals surface area (Å²) in [6.45, 7) is 7.41. The van der Waals surface area contributed by atoms with Gasteiger partial charge in [-0.25, -0.2) is 4.98 Å². The van der Waals surface area contributed by atoms with Gasteiger partial charge < -0.3 is 10.1 Å². The molecule has 3 nitrogen and oxygen atoms in total. The van der Waals surface area contributed by atoms with Gasteiger partial charge in [0.2, 0.25) is 0 Å². The first kappa shape index (κ1) is 13.6. The Morgan fingerprint density at radius 2 is 2.31 bits per heavy atom. The molecule has 1 N–H and O–H groups in total. The minimum absolute atomic E-state index is 0.0480. The summed E-state index contributed by atoms with van der Waals surface area (Å²) in [5, 5.41) is 6.72. The monoisotopic (exact) mass is 242 g/mol. The van der Waals surface area contributed by atoms with Crippen LogP contribution in [0, 0.1) is 0 Å². The number of hydrogen-bond donors (Lipinski definition) is 1. The first-order valence-electron chi connectivity index (χ1n) is 5.70. The third-order valence-electron chi connectivity index (χ3n) is 2.67. The highest BCUT2D eigenvalue weighted by molar-refractivity contribution is 7.09. The van der Waals surface area contributed by atoms with Crippen LogP contribution in [0.3, 0.4) is 0 Å². The van der Waals surface area contributed by atoms with Crippen LogP contribution in [0.15, 0.2) is 11.6 Å². The number of ether oxygens (including phenoxy) is 1. The number of hydrogen-bond acceptors (Lipinski definition) is 4. The molecule has 0 aliphatic rings. The molecule has 0 spiro atoms. The number of thiazole rings is 1. The number of nitrogens with one attached hydrogen (secondary N) is 1. The van der Waals surface area contributed by atoms with Gasteiger partial charge in [-0.2, -0.15) is 0 Å². The molecule has 1 aromatic rings. The zero-order chi connectivity index (χ0) is 12.0. The van der Waals surface area contributed by atoms with Crippen molar-refractivity contribution >= 4 is 11.3 Å². The Kier molecular flexibility index (Phi) is 5.38. The molecular weight excluding hydrogens is 220 g/mol. The zero-order valence-corrected chi connectivity index (χ0v) is 11.4. The number of nitrogens with zero attached hydrogens (tertiary/aromatic N) is 1. The van der Waals surface area contributed by atoms with Crippen molar-refractivity contribution in [3.63, 3.8) is 0 Å². The van der Waals surface area contributed by atoms with Crippen molar-refractivity contribution in [2.45, 2.75) is 45.3 Å². The van der Waals surface area contributed by atoms with Crippen molar-refractivity contribution in [2.75, 3.05) is 13.7 Å². The summed E-state index contributed by atoms with van der Waals surface area (Å²) in [5.74, 6) is 0. The fourth-order valence-corrected chi connectivity index (χ4v) is 2.32. The van der Waals surface area contributed by atoms with E-state index in [9.17, 15) is 0 Å². The molecular formula is C12H22N2OS. The molecule has 1 rings (SSSR count). The van der Waals surface area contributed by atoms with Crippen molar-refractivity contribution < 1.29 is 4.74 Å². The van der Waals surface area contributed by atoms with E-state index in [-0.39, 0.29) is 5.60 Å². The van der Waals surface area contributed by atoms with Crippen molar-refractivity contribution in [2.24, 2.45) is 0 Å². The standard InChI is InChI=1S/C12H22N2OS/c1-10(9-12(2,3)15-4)13-6-5-11-14-7-8-16-11/h7-8,10,13H,5-6,9H2,1-4H3. The third-order valence-corrected chi connectivity index (χ3v) is 3.50. The van der Waals surface area contributed by atoms with Crippen LogP contribution in [0.4, 0.5) is 0 Å². The van der Waals surface area contributed by atoms with Crippen LogP contribution < -0.4 is 5.32 Å². The quantitative estimate of drug-likeness (QED) is 0.797. The maximum atomic E-state index is 5.41. The van der Waals surface area contributed by atoms with Gasteiger partial charge in [-0.05, 0) is 27.2 Å². The van der Waals surface area contributed by atoms with Gasteiger partial charge >= 0.3 is 0 Å². The molecule has 0 saturated heterocycles. The average molecular weight is 242 g/mol. The van der Waals surface area contributed by atoms with E-state index < -0.39 is 0 Å². The van der Waals surface area contributed by atoms with Gasteiger partial charge in [-0.3, -0.25) is 0 Å². The van der Waals surface area contributed by atoms with Crippen molar-refractivity contribution in [1.29, 1.82) is 0 Å². The highest BCUT2D eigenvalue weighted by Gasteiger charge is 2.19. The Morgan fingerprint density at radius 3 is 2.88 bits per heavy atom. The molecule has 0 fully saturated rings. The molecule has 1 aromatic heterocycles. The average Bonchev–Trinajstić information content (AvgIpc) is 2.70. The molecule has 1 atom stereocenters. The van der Waals surface area contributed by atoms with Gasteiger partial charge in [0, 0.05) is 37.7 Å². The van der Waals surface area contributed by atoms with Crippen LogP contribution in [0.2, 0.25) is 0 Å².